The molecule has 0 aromatic rings. The minimum absolute atomic E-state index is 0. The van der Waals surface area contributed by atoms with Crippen molar-refractivity contribution in [2.45, 2.75) is 0 Å². The first-order chi connectivity index (χ1) is 3.71. The van der Waals surface area contributed by atoms with Gasteiger partial charge in [0.1, 0.15) is 0 Å². The van der Waals surface area contributed by atoms with Gasteiger partial charge >= 0.3 is 59.1 Å². The maximum atomic E-state index is 9.73. The standard InChI is InChI=1S/CH4O6S2.2Na/c1-8(2,3)7-9(4,5)6;;/h1H2,(H,2,3)(H,4,5,6);;/q;2*+1/p-2. The van der Waals surface area contributed by atoms with Crippen LogP contribution in [0, 0.1) is 0 Å². The molecule has 0 aliphatic rings. The van der Waals surface area contributed by atoms with E-state index in [1.165, 1.54) is 0 Å². The Morgan fingerprint density at radius 3 is 1.36 bits per heavy atom. The van der Waals surface area contributed by atoms with Gasteiger partial charge in [0, 0.05) is 10.1 Å². The van der Waals surface area contributed by atoms with Crippen LogP contribution in [0.15, 0.2) is 0 Å². The molecule has 0 fully saturated rings. The third kappa shape index (κ3) is 18.7. The summed E-state index contributed by atoms with van der Waals surface area (Å²) in [5, 5.41) is 0. The number of hydrogen-bond donors (Lipinski definition) is 0. The van der Waals surface area contributed by atoms with Gasteiger partial charge < -0.3 is 9.11 Å². The Bertz CT molecular complexity index is 244. The molecule has 0 aliphatic carbocycles. The van der Waals surface area contributed by atoms with E-state index in [0.717, 1.165) is 0 Å². The van der Waals surface area contributed by atoms with E-state index in [2.05, 4.69) is 9.50 Å². The summed E-state index contributed by atoms with van der Waals surface area (Å²) in [6.45, 7) is 0. The van der Waals surface area contributed by atoms with Gasteiger partial charge in [-0.3, -0.25) is 4.21 Å². The topological polar surface area (TPSA) is 107 Å². The van der Waals surface area contributed by atoms with Crippen molar-refractivity contribution >= 4 is 26.4 Å². The van der Waals surface area contributed by atoms with Crippen molar-refractivity contribution in [2.24, 2.45) is 0 Å². The van der Waals surface area contributed by atoms with Crippen LogP contribution in [0.5, 0.6) is 0 Å². The van der Waals surface area contributed by atoms with E-state index in [-0.39, 0.29) is 59.1 Å². The van der Waals surface area contributed by atoms with E-state index in [9.17, 15) is 21.7 Å². The fourth-order valence-electron chi connectivity index (χ4n) is 0.127. The predicted molar refractivity (Wildman–Crippen MR) is 26.8 cm³/mol. The fourth-order valence-corrected chi connectivity index (χ4v) is 1.14. The molecule has 0 bridgehead atoms. The van der Waals surface area contributed by atoms with Crippen molar-refractivity contribution in [3.8, 4) is 0 Å². The zero-order chi connectivity index (χ0) is 7.71. The third-order valence-electron chi connectivity index (χ3n) is 0.187. The van der Waals surface area contributed by atoms with Crippen molar-refractivity contribution < 1.29 is 84.5 Å². The van der Waals surface area contributed by atoms with Gasteiger partial charge in [0.25, 0.3) is 0 Å². The SMILES string of the molecule is C=S(=O)([O-])OS(=O)(=O)[O-].[Na+].[Na+]. The fraction of sp³-hybridized carbons (Fsp3) is 0. The maximum Gasteiger partial charge on any atom is 1.00 e. The van der Waals surface area contributed by atoms with Gasteiger partial charge in [0.2, 0.25) is 10.4 Å². The molecular weight excluding hydrogens is 218 g/mol. The van der Waals surface area contributed by atoms with Crippen LogP contribution in [0.1, 0.15) is 0 Å². The molecule has 0 radical (unpaired) electrons. The van der Waals surface area contributed by atoms with Crippen molar-refractivity contribution in [3.05, 3.63) is 0 Å². The van der Waals surface area contributed by atoms with Crippen LogP contribution in [-0.4, -0.2) is 27.6 Å². The first-order valence-corrected chi connectivity index (χ1v) is 4.37. The Kier molecular flexibility index (Phi) is 10.7. The summed E-state index contributed by atoms with van der Waals surface area (Å²) in [6.07, 6.45) is 0. The molecular formula is CH2Na2O6S2. The molecule has 1 atom stereocenters. The summed E-state index contributed by atoms with van der Waals surface area (Å²) in [7, 11) is -9.61. The molecule has 0 saturated carbocycles. The summed E-state index contributed by atoms with van der Waals surface area (Å²) in [5.74, 6) is 2.23. The molecule has 56 valence electrons. The summed E-state index contributed by atoms with van der Waals surface area (Å²) < 4.78 is 50.7. The average Bonchev–Trinajstić information content (AvgIpc) is 1.14. The monoisotopic (exact) mass is 220 g/mol. The Hall–Kier alpha value is 1.85. The third-order valence-corrected chi connectivity index (χ3v) is 1.68. The van der Waals surface area contributed by atoms with Crippen molar-refractivity contribution in [3.63, 3.8) is 0 Å². The van der Waals surface area contributed by atoms with E-state index in [4.69, 9.17) is 0 Å². The van der Waals surface area contributed by atoms with Crippen LogP contribution in [-0.2, 0) is 24.1 Å². The number of rotatable bonds is 2. The molecule has 11 heavy (non-hydrogen) atoms. The van der Waals surface area contributed by atoms with Gasteiger partial charge in [0.15, 0.2) is 0 Å². The van der Waals surface area contributed by atoms with Crippen LogP contribution in [0.25, 0.3) is 0 Å². The molecule has 0 rings (SSSR count). The molecule has 0 heterocycles. The molecule has 6 nitrogen and oxygen atoms in total. The number of hydrogen-bond acceptors (Lipinski definition) is 6. The predicted octanol–water partition coefficient (Wildman–Crippen LogP) is -7.77. The summed E-state index contributed by atoms with van der Waals surface area (Å²) in [6, 6.07) is 0. The van der Waals surface area contributed by atoms with Gasteiger partial charge in [-0.05, 0) is 5.87 Å². The van der Waals surface area contributed by atoms with Gasteiger partial charge in [-0.15, -0.1) is 0 Å². The Morgan fingerprint density at radius 2 is 1.36 bits per heavy atom. The quantitative estimate of drug-likeness (QED) is 0.198. The van der Waals surface area contributed by atoms with Crippen molar-refractivity contribution in [2.75, 3.05) is 0 Å². The van der Waals surface area contributed by atoms with E-state index in [1.54, 1.807) is 0 Å². The second-order valence-electron chi connectivity index (χ2n) is 1.03. The van der Waals surface area contributed by atoms with E-state index in [0.29, 0.717) is 0 Å². The Balaban J connectivity index is -0.000000320. The van der Waals surface area contributed by atoms with Crippen molar-refractivity contribution in [1.29, 1.82) is 0 Å². The van der Waals surface area contributed by atoms with Crippen LogP contribution >= 0.6 is 0 Å². The largest absolute Gasteiger partial charge is 1.00 e. The first-order valence-electron chi connectivity index (χ1n) is 1.46. The molecule has 0 aromatic heterocycles. The second-order valence-corrected chi connectivity index (χ2v) is 3.51. The molecule has 0 saturated heterocycles. The van der Waals surface area contributed by atoms with E-state index in [1.807, 2.05) is 0 Å². The minimum Gasteiger partial charge on any atom is -0.756 e. The molecule has 0 amide bonds. The van der Waals surface area contributed by atoms with Crippen LogP contribution < -0.4 is 59.1 Å². The summed E-state index contributed by atoms with van der Waals surface area (Å²) in [4.78, 5) is 0. The molecule has 0 spiro atoms. The molecule has 1 unspecified atom stereocenters. The minimum atomic E-state index is -5.18. The van der Waals surface area contributed by atoms with E-state index >= 15 is 0 Å². The Morgan fingerprint density at radius 1 is 1.09 bits per heavy atom. The normalized spacial score (nSPS) is 15.5. The van der Waals surface area contributed by atoms with Crippen molar-refractivity contribution in [1.82, 2.24) is 0 Å². The molecule has 0 aliphatic heterocycles. The molecule has 0 aromatic carbocycles. The zero-order valence-electron chi connectivity index (χ0n) is 5.97. The Labute approximate surface area is 109 Å². The van der Waals surface area contributed by atoms with Gasteiger partial charge in [-0.25, -0.2) is 8.42 Å². The van der Waals surface area contributed by atoms with Gasteiger partial charge in [-0.1, -0.05) is 0 Å². The van der Waals surface area contributed by atoms with Crippen LogP contribution in [0.3, 0.4) is 0 Å². The van der Waals surface area contributed by atoms with Crippen LogP contribution in [0.4, 0.5) is 0 Å². The summed E-state index contributed by atoms with van der Waals surface area (Å²) in [5.41, 5.74) is 0. The van der Waals surface area contributed by atoms with Gasteiger partial charge in [0.05, 0.1) is 0 Å². The first kappa shape index (κ1) is 18.6. The summed E-state index contributed by atoms with van der Waals surface area (Å²) >= 11 is 0. The van der Waals surface area contributed by atoms with Crippen LogP contribution in [0.2, 0.25) is 0 Å². The van der Waals surface area contributed by atoms with E-state index < -0.39 is 20.5 Å². The van der Waals surface area contributed by atoms with Gasteiger partial charge in [-0.2, -0.15) is 3.63 Å². The molecule has 10 heteroatoms. The average molecular weight is 220 g/mol. The second kappa shape index (κ2) is 6.33. The molecule has 0 N–H and O–H groups in total. The zero-order valence-corrected chi connectivity index (χ0v) is 11.6. The maximum absolute atomic E-state index is 9.73. The smallest absolute Gasteiger partial charge is 0.756 e.